The Morgan fingerprint density at radius 1 is 1.17 bits per heavy atom. The standard InChI is InChI=1S/C27H25F3N2O2S/c1-3-13-31(26(34)20-5-4-6-21(16-20)27(28,29)30)17-24(33)32-14-11-23-22(12-15-35-23)25(32)19-9-7-18(2)8-10-19/h3-10,12,15-16,25H,1,11,13-14,17H2,2H3. The van der Waals surface area contributed by atoms with Gasteiger partial charge in [-0.2, -0.15) is 13.2 Å². The summed E-state index contributed by atoms with van der Waals surface area (Å²) in [7, 11) is 0. The third-order valence-corrected chi connectivity index (χ3v) is 7.08. The fourth-order valence-corrected chi connectivity index (χ4v) is 5.24. The van der Waals surface area contributed by atoms with Crippen molar-refractivity contribution in [1.29, 1.82) is 0 Å². The zero-order valence-electron chi connectivity index (χ0n) is 19.2. The molecule has 0 saturated heterocycles. The van der Waals surface area contributed by atoms with Gasteiger partial charge in [-0.15, -0.1) is 17.9 Å². The van der Waals surface area contributed by atoms with E-state index in [0.29, 0.717) is 13.0 Å². The van der Waals surface area contributed by atoms with Gasteiger partial charge in [-0.3, -0.25) is 9.59 Å². The van der Waals surface area contributed by atoms with E-state index >= 15 is 0 Å². The lowest BCUT2D eigenvalue weighted by atomic mass is 9.92. The molecule has 182 valence electrons. The second kappa shape index (κ2) is 10.1. The predicted molar refractivity (Wildman–Crippen MR) is 130 cm³/mol. The number of carbonyl (C=O) groups excluding carboxylic acids is 2. The molecular formula is C27H25F3N2O2S. The Kier molecular flexibility index (Phi) is 7.12. The van der Waals surface area contributed by atoms with Crippen LogP contribution in [0, 0.1) is 6.92 Å². The third-order valence-electron chi connectivity index (χ3n) is 6.08. The van der Waals surface area contributed by atoms with Gasteiger partial charge in [-0.1, -0.05) is 42.0 Å². The van der Waals surface area contributed by atoms with Gasteiger partial charge in [0.15, 0.2) is 0 Å². The Morgan fingerprint density at radius 3 is 2.60 bits per heavy atom. The van der Waals surface area contributed by atoms with Crippen LogP contribution >= 0.6 is 11.3 Å². The number of halogens is 3. The highest BCUT2D eigenvalue weighted by molar-refractivity contribution is 7.10. The first-order valence-electron chi connectivity index (χ1n) is 11.2. The largest absolute Gasteiger partial charge is 0.416 e. The summed E-state index contributed by atoms with van der Waals surface area (Å²) < 4.78 is 39.5. The van der Waals surface area contributed by atoms with Crippen molar-refractivity contribution in [3.63, 3.8) is 0 Å². The maximum absolute atomic E-state index is 13.5. The van der Waals surface area contributed by atoms with E-state index < -0.39 is 17.6 Å². The second-order valence-corrected chi connectivity index (χ2v) is 9.50. The summed E-state index contributed by atoms with van der Waals surface area (Å²) in [5.41, 5.74) is 2.12. The average molecular weight is 499 g/mol. The van der Waals surface area contributed by atoms with E-state index in [9.17, 15) is 22.8 Å². The van der Waals surface area contributed by atoms with Crippen molar-refractivity contribution in [2.24, 2.45) is 0 Å². The molecule has 35 heavy (non-hydrogen) atoms. The molecule has 2 amide bonds. The number of amides is 2. The lowest BCUT2D eigenvalue weighted by Crippen LogP contribution is -2.46. The molecule has 0 aliphatic carbocycles. The molecule has 4 nitrogen and oxygen atoms in total. The molecule has 1 aromatic heterocycles. The van der Waals surface area contributed by atoms with Crippen molar-refractivity contribution in [3.8, 4) is 0 Å². The van der Waals surface area contributed by atoms with E-state index in [1.807, 2.05) is 42.6 Å². The Morgan fingerprint density at radius 2 is 1.91 bits per heavy atom. The number of rotatable bonds is 6. The van der Waals surface area contributed by atoms with Crippen LogP contribution in [0.4, 0.5) is 13.2 Å². The van der Waals surface area contributed by atoms with Crippen LogP contribution in [-0.2, 0) is 17.4 Å². The van der Waals surface area contributed by atoms with Gasteiger partial charge in [0.25, 0.3) is 5.91 Å². The van der Waals surface area contributed by atoms with Crippen LogP contribution in [0.2, 0.25) is 0 Å². The van der Waals surface area contributed by atoms with E-state index in [2.05, 4.69) is 6.58 Å². The minimum Gasteiger partial charge on any atom is -0.330 e. The lowest BCUT2D eigenvalue weighted by molar-refractivity contribution is -0.137. The third kappa shape index (κ3) is 5.32. The molecule has 8 heteroatoms. The molecule has 4 rings (SSSR count). The first-order valence-corrected chi connectivity index (χ1v) is 12.1. The molecule has 0 fully saturated rings. The first-order chi connectivity index (χ1) is 16.7. The second-order valence-electron chi connectivity index (χ2n) is 8.50. The highest BCUT2D eigenvalue weighted by atomic mass is 32.1. The summed E-state index contributed by atoms with van der Waals surface area (Å²) in [5.74, 6) is -0.918. The van der Waals surface area contributed by atoms with E-state index in [0.717, 1.165) is 28.8 Å². The first kappa shape index (κ1) is 24.7. The van der Waals surface area contributed by atoms with Gasteiger partial charge in [0.05, 0.1) is 11.6 Å². The van der Waals surface area contributed by atoms with E-state index in [1.165, 1.54) is 28.0 Å². The minimum atomic E-state index is -4.57. The van der Waals surface area contributed by atoms with Crippen LogP contribution in [0.15, 0.2) is 72.6 Å². The summed E-state index contributed by atoms with van der Waals surface area (Å²) in [6, 6.07) is 14.0. The van der Waals surface area contributed by atoms with Crippen molar-refractivity contribution in [2.45, 2.75) is 25.6 Å². The van der Waals surface area contributed by atoms with Gasteiger partial charge >= 0.3 is 6.18 Å². The van der Waals surface area contributed by atoms with Crippen molar-refractivity contribution in [3.05, 3.63) is 105 Å². The molecule has 1 atom stereocenters. The fourth-order valence-electron chi connectivity index (χ4n) is 4.33. The van der Waals surface area contributed by atoms with Crippen molar-refractivity contribution >= 4 is 23.2 Å². The smallest absolute Gasteiger partial charge is 0.330 e. The van der Waals surface area contributed by atoms with Crippen LogP contribution in [0.3, 0.4) is 0 Å². The van der Waals surface area contributed by atoms with Gasteiger partial charge in [0.2, 0.25) is 5.91 Å². The van der Waals surface area contributed by atoms with Crippen molar-refractivity contribution in [2.75, 3.05) is 19.6 Å². The normalized spacial score (nSPS) is 15.4. The number of hydrogen-bond acceptors (Lipinski definition) is 3. The monoisotopic (exact) mass is 498 g/mol. The van der Waals surface area contributed by atoms with Crippen LogP contribution in [-0.4, -0.2) is 41.2 Å². The van der Waals surface area contributed by atoms with Gasteiger partial charge in [-0.05, 0) is 54.1 Å². The Bertz CT molecular complexity index is 1230. The number of benzene rings is 2. The maximum Gasteiger partial charge on any atom is 0.416 e. The number of thiophene rings is 1. The van der Waals surface area contributed by atoms with Gasteiger partial charge in [-0.25, -0.2) is 0 Å². The number of aryl methyl sites for hydroxylation is 1. The number of nitrogens with zero attached hydrogens (tertiary/aromatic N) is 2. The SMILES string of the molecule is C=CCN(CC(=O)N1CCc2sccc2C1c1ccc(C)cc1)C(=O)c1cccc(C(F)(F)F)c1. The molecule has 0 N–H and O–H groups in total. The van der Waals surface area contributed by atoms with Gasteiger partial charge < -0.3 is 9.80 Å². The van der Waals surface area contributed by atoms with Gasteiger partial charge in [0.1, 0.15) is 6.54 Å². The Labute approximate surface area is 206 Å². The molecular weight excluding hydrogens is 473 g/mol. The molecule has 2 heterocycles. The molecule has 3 aromatic rings. The summed E-state index contributed by atoms with van der Waals surface area (Å²) in [4.78, 5) is 30.9. The fraction of sp³-hybridized carbons (Fsp3) is 0.259. The molecule has 1 aliphatic rings. The summed E-state index contributed by atoms with van der Waals surface area (Å²) >= 11 is 1.66. The Hall–Kier alpha value is -3.39. The molecule has 1 unspecified atom stereocenters. The summed E-state index contributed by atoms with van der Waals surface area (Å²) in [5, 5.41) is 2.01. The average Bonchev–Trinajstić information content (AvgIpc) is 3.32. The van der Waals surface area contributed by atoms with Crippen LogP contribution in [0.1, 0.15) is 43.5 Å². The topological polar surface area (TPSA) is 40.6 Å². The number of hydrogen-bond donors (Lipinski definition) is 0. The molecule has 0 bridgehead atoms. The van der Waals surface area contributed by atoms with Crippen LogP contribution in [0.5, 0.6) is 0 Å². The quantitative estimate of drug-likeness (QED) is 0.399. The van der Waals surface area contributed by atoms with E-state index in [-0.39, 0.29) is 30.6 Å². The summed E-state index contributed by atoms with van der Waals surface area (Å²) in [6.07, 6.45) is -2.39. The van der Waals surface area contributed by atoms with E-state index in [1.54, 1.807) is 16.2 Å². The molecule has 0 radical (unpaired) electrons. The highest BCUT2D eigenvalue weighted by Crippen LogP contribution is 2.38. The van der Waals surface area contributed by atoms with Crippen molar-refractivity contribution < 1.29 is 22.8 Å². The predicted octanol–water partition coefficient (Wildman–Crippen LogP) is 5.88. The zero-order chi connectivity index (χ0) is 25.2. The lowest BCUT2D eigenvalue weighted by Gasteiger charge is -2.37. The van der Waals surface area contributed by atoms with Crippen molar-refractivity contribution in [1.82, 2.24) is 9.80 Å². The molecule has 0 saturated carbocycles. The molecule has 1 aliphatic heterocycles. The number of alkyl halides is 3. The van der Waals surface area contributed by atoms with Crippen LogP contribution < -0.4 is 0 Å². The van der Waals surface area contributed by atoms with Gasteiger partial charge in [0, 0.05) is 23.5 Å². The number of fused-ring (bicyclic) bond motifs is 1. The molecule has 0 spiro atoms. The van der Waals surface area contributed by atoms with E-state index in [4.69, 9.17) is 0 Å². The zero-order valence-corrected chi connectivity index (χ0v) is 20.0. The summed E-state index contributed by atoms with van der Waals surface area (Å²) in [6.45, 7) is 5.91. The minimum absolute atomic E-state index is 0.0353. The maximum atomic E-state index is 13.5. The number of carbonyl (C=O) groups is 2. The Balaban J connectivity index is 1.61. The highest BCUT2D eigenvalue weighted by Gasteiger charge is 2.35. The van der Waals surface area contributed by atoms with Crippen LogP contribution in [0.25, 0.3) is 0 Å². The molecule has 2 aromatic carbocycles.